The maximum atomic E-state index is 12.7. The highest BCUT2D eigenvalue weighted by Gasteiger charge is 2.22. The van der Waals surface area contributed by atoms with Gasteiger partial charge in [-0.2, -0.15) is 0 Å². The Balaban J connectivity index is 2.19. The standard InChI is InChI=1S/C21H24ClNO4/c1-21(2,3)27-20(25)23(14-16-7-11-18(22)12-8-16)13-15-5-9-17(10-6-15)19(24)26-4/h5-12H,13-14H2,1-4H3. The second kappa shape index (κ2) is 8.91. The van der Waals surface area contributed by atoms with Crippen LogP contribution in [0.4, 0.5) is 4.79 Å². The van der Waals surface area contributed by atoms with Gasteiger partial charge in [0.1, 0.15) is 5.60 Å². The first-order valence-electron chi connectivity index (χ1n) is 8.57. The molecule has 2 rings (SSSR count). The summed E-state index contributed by atoms with van der Waals surface area (Å²) in [5.41, 5.74) is 1.69. The predicted molar refractivity (Wildman–Crippen MR) is 105 cm³/mol. The molecule has 0 fully saturated rings. The third kappa shape index (κ3) is 6.61. The van der Waals surface area contributed by atoms with Crippen LogP contribution in [0.25, 0.3) is 0 Å². The molecule has 0 atom stereocenters. The number of carbonyl (C=O) groups excluding carboxylic acids is 2. The van der Waals surface area contributed by atoms with Crippen LogP contribution >= 0.6 is 11.6 Å². The molecule has 2 aromatic rings. The van der Waals surface area contributed by atoms with Crippen LogP contribution in [-0.4, -0.2) is 29.7 Å². The maximum absolute atomic E-state index is 12.7. The molecule has 0 radical (unpaired) electrons. The Labute approximate surface area is 164 Å². The summed E-state index contributed by atoms with van der Waals surface area (Å²) in [7, 11) is 1.34. The number of esters is 1. The van der Waals surface area contributed by atoms with Gasteiger partial charge < -0.3 is 9.47 Å². The van der Waals surface area contributed by atoms with Gasteiger partial charge in [0.05, 0.1) is 12.7 Å². The van der Waals surface area contributed by atoms with Gasteiger partial charge in [-0.25, -0.2) is 9.59 Å². The van der Waals surface area contributed by atoms with Crippen LogP contribution in [0, 0.1) is 0 Å². The van der Waals surface area contributed by atoms with Crippen LogP contribution in [0.2, 0.25) is 5.02 Å². The third-order valence-corrected chi connectivity index (χ3v) is 3.94. The van der Waals surface area contributed by atoms with E-state index in [9.17, 15) is 9.59 Å². The van der Waals surface area contributed by atoms with Crippen molar-refractivity contribution in [3.63, 3.8) is 0 Å². The molecule has 0 aliphatic carbocycles. The molecule has 0 aliphatic rings. The molecule has 1 amide bonds. The van der Waals surface area contributed by atoms with Crippen molar-refractivity contribution in [3.8, 4) is 0 Å². The third-order valence-electron chi connectivity index (χ3n) is 3.69. The number of hydrogen-bond donors (Lipinski definition) is 0. The quantitative estimate of drug-likeness (QED) is 0.670. The first-order valence-corrected chi connectivity index (χ1v) is 8.95. The largest absolute Gasteiger partial charge is 0.465 e. The van der Waals surface area contributed by atoms with Crippen LogP contribution in [0.1, 0.15) is 42.3 Å². The van der Waals surface area contributed by atoms with Crippen molar-refractivity contribution >= 4 is 23.7 Å². The van der Waals surface area contributed by atoms with Crippen LogP contribution in [0.3, 0.4) is 0 Å². The summed E-state index contributed by atoms with van der Waals surface area (Å²) in [6.45, 7) is 6.22. The minimum Gasteiger partial charge on any atom is -0.465 e. The summed E-state index contributed by atoms with van der Waals surface area (Å²) in [4.78, 5) is 25.8. The number of hydrogen-bond acceptors (Lipinski definition) is 4. The Kier molecular flexibility index (Phi) is 6.86. The van der Waals surface area contributed by atoms with E-state index < -0.39 is 17.7 Å². The molecule has 0 spiro atoms. The van der Waals surface area contributed by atoms with E-state index in [2.05, 4.69) is 0 Å². The summed E-state index contributed by atoms with van der Waals surface area (Å²) in [6, 6.07) is 14.3. The van der Waals surface area contributed by atoms with Gasteiger partial charge in [-0.3, -0.25) is 4.90 Å². The van der Waals surface area contributed by atoms with Crippen molar-refractivity contribution in [1.29, 1.82) is 0 Å². The molecule has 0 bridgehead atoms. The highest BCUT2D eigenvalue weighted by molar-refractivity contribution is 6.30. The van der Waals surface area contributed by atoms with Crippen molar-refractivity contribution in [2.45, 2.75) is 39.5 Å². The average molecular weight is 390 g/mol. The molecule has 0 aromatic heterocycles. The Morgan fingerprint density at radius 2 is 1.41 bits per heavy atom. The number of halogens is 1. The van der Waals surface area contributed by atoms with Crippen molar-refractivity contribution in [3.05, 3.63) is 70.2 Å². The van der Waals surface area contributed by atoms with Crippen LogP contribution in [0.5, 0.6) is 0 Å². The van der Waals surface area contributed by atoms with Crippen molar-refractivity contribution in [2.24, 2.45) is 0 Å². The number of nitrogens with zero attached hydrogens (tertiary/aromatic N) is 1. The van der Waals surface area contributed by atoms with Gasteiger partial charge in [0, 0.05) is 18.1 Å². The topological polar surface area (TPSA) is 55.8 Å². The minimum atomic E-state index is -0.593. The smallest absolute Gasteiger partial charge is 0.410 e. The SMILES string of the molecule is COC(=O)c1ccc(CN(Cc2ccc(Cl)cc2)C(=O)OC(C)(C)C)cc1. The highest BCUT2D eigenvalue weighted by atomic mass is 35.5. The second-order valence-corrected chi connectivity index (χ2v) is 7.59. The molecular weight excluding hydrogens is 366 g/mol. The van der Waals surface area contributed by atoms with Crippen LogP contribution in [-0.2, 0) is 22.6 Å². The maximum Gasteiger partial charge on any atom is 0.410 e. The summed E-state index contributed by atoms with van der Waals surface area (Å²) in [5, 5.41) is 0.640. The Morgan fingerprint density at radius 1 is 0.926 bits per heavy atom. The number of methoxy groups -OCH3 is 1. The molecule has 6 heteroatoms. The molecule has 0 saturated heterocycles. The second-order valence-electron chi connectivity index (χ2n) is 7.15. The number of ether oxygens (including phenoxy) is 2. The molecule has 144 valence electrons. The van der Waals surface area contributed by atoms with E-state index in [1.165, 1.54) is 7.11 Å². The zero-order valence-electron chi connectivity index (χ0n) is 16.0. The lowest BCUT2D eigenvalue weighted by molar-refractivity contribution is 0.0216. The van der Waals surface area contributed by atoms with Gasteiger partial charge in [0.2, 0.25) is 0 Å². The molecule has 0 unspecified atom stereocenters. The van der Waals surface area contributed by atoms with Crippen molar-refractivity contribution in [1.82, 2.24) is 4.90 Å². The van der Waals surface area contributed by atoms with E-state index >= 15 is 0 Å². The molecule has 0 aliphatic heterocycles. The zero-order valence-corrected chi connectivity index (χ0v) is 16.7. The fourth-order valence-electron chi connectivity index (χ4n) is 2.41. The zero-order chi connectivity index (χ0) is 20.0. The lowest BCUT2D eigenvalue weighted by Gasteiger charge is -2.27. The van der Waals surface area contributed by atoms with Gasteiger partial charge in [-0.15, -0.1) is 0 Å². The first kappa shape index (κ1) is 20.8. The first-order chi connectivity index (χ1) is 12.7. The summed E-state index contributed by atoms with van der Waals surface area (Å²) in [6.07, 6.45) is -0.408. The van der Waals surface area contributed by atoms with Crippen LogP contribution < -0.4 is 0 Å². The average Bonchev–Trinajstić information content (AvgIpc) is 2.61. The molecular formula is C21H24ClNO4. The van der Waals surface area contributed by atoms with E-state index in [1.54, 1.807) is 41.3 Å². The minimum absolute atomic E-state index is 0.346. The van der Waals surface area contributed by atoms with Crippen LogP contribution in [0.15, 0.2) is 48.5 Å². The highest BCUT2D eigenvalue weighted by Crippen LogP contribution is 2.18. The molecule has 27 heavy (non-hydrogen) atoms. The number of carbonyl (C=O) groups is 2. The fourth-order valence-corrected chi connectivity index (χ4v) is 2.53. The number of amides is 1. The van der Waals surface area contributed by atoms with Crippen molar-refractivity contribution in [2.75, 3.05) is 7.11 Å². The molecule has 5 nitrogen and oxygen atoms in total. The van der Waals surface area contributed by atoms with E-state index in [4.69, 9.17) is 21.1 Å². The normalized spacial score (nSPS) is 11.0. The van der Waals surface area contributed by atoms with Gasteiger partial charge in [0.15, 0.2) is 0 Å². The summed E-state index contributed by atoms with van der Waals surface area (Å²) < 4.78 is 10.2. The molecule has 2 aromatic carbocycles. The lowest BCUT2D eigenvalue weighted by Crippen LogP contribution is -2.36. The van der Waals surface area contributed by atoms with Gasteiger partial charge in [0.25, 0.3) is 0 Å². The molecule has 0 saturated carbocycles. The Hall–Kier alpha value is -2.53. The van der Waals surface area contributed by atoms with Gasteiger partial charge in [-0.1, -0.05) is 35.9 Å². The van der Waals surface area contributed by atoms with Gasteiger partial charge in [-0.05, 0) is 56.2 Å². The Morgan fingerprint density at radius 3 is 1.85 bits per heavy atom. The fraction of sp³-hybridized carbons (Fsp3) is 0.333. The van der Waals surface area contributed by atoms with E-state index in [1.807, 2.05) is 32.9 Å². The molecule has 0 N–H and O–H groups in total. The number of rotatable bonds is 5. The monoisotopic (exact) mass is 389 g/mol. The lowest BCUT2D eigenvalue weighted by atomic mass is 10.1. The predicted octanol–water partition coefficient (Wildman–Crippen LogP) is 5.06. The van der Waals surface area contributed by atoms with Crippen molar-refractivity contribution < 1.29 is 19.1 Å². The summed E-state index contributed by atoms with van der Waals surface area (Å²) in [5.74, 6) is -0.397. The van der Waals surface area contributed by atoms with Gasteiger partial charge >= 0.3 is 12.1 Å². The number of benzene rings is 2. The molecule has 0 heterocycles. The van der Waals surface area contributed by atoms with E-state index in [0.29, 0.717) is 23.7 Å². The van der Waals surface area contributed by atoms with E-state index in [-0.39, 0.29) is 0 Å². The summed E-state index contributed by atoms with van der Waals surface area (Å²) >= 11 is 5.94. The van der Waals surface area contributed by atoms with E-state index in [0.717, 1.165) is 11.1 Å². The Bertz CT molecular complexity index is 779.